The first-order valence-corrected chi connectivity index (χ1v) is 5.60. The van der Waals surface area contributed by atoms with Crippen molar-refractivity contribution < 1.29 is 9.59 Å². The third-order valence-corrected chi connectivity index (χ3v) is 2.25. The average molecular weight is 229 g/mol. The molecule has 5 nitrogen and oxygen atoms in total. The van der Waals surface area contributed by atoms with Crippen LogP contribution in [0.3, 0.4) is 0 Å². The standard InChI is InChI=1S/C9H15N3O2S/c1-2-4-15-5-3-11-9(14)7-12-8(13)6-10/h1H,3-7,10H2,(H,11,14)(H,12,13). The minimum Gasteiger partial charge on any atom is -0.354 e. The molecule has 0 heterocycles. The van der Waals surface area contributed by atoms with Crippen LogP contribution >= 0.6 is 11.8 Å². The van der Waals surface area contributed by atoms with Gasteiger partial charge in [-0.2, -0.15) is 0 Å². The summed E-state index contributed by atoms with van der Waals surface area (Å²) in [5.74, 6) is 3.32. The van der Waals surface area contributed by atoms with E-state index >= 15 is 0 Å². The van der Waals surface area contributed by atoms with Crippen molar-refractivity contribution in [3.05, 3.63) is 0 Å². The lowest BCUT2D eigenvalue weighted by molar-refractivity contribution is -0.125. The highest BCUT2D eigenvalue weighted by atomic mass is 32.2. The first-order valence-electron chi connectivity index (χ1n) is 4.45. The Bertz CT molecular complexity index is 250. The molecule has 0 aromatic rings. The molecule has 0 aromatic carbocycles. The molecule has 0 aliphatic rings. The van der Waals surface area contributed by atoms with Crippen LogP contribution in [0.15, 0.2) is 0 Å². The third kappa shape index (κ3) is 9.12. The molecule has 0 saturated carbocycles. The van der Waals surface area contributed by atoms with Crippen molar-refractivity contribution >= 4 is 23.6 Å². The van der Waals surface area contributed by atoms with Crippen LogP contribution in [-0.4, -0.2) is 43.0 Å². The van der Waals surface area contributed by atoms with Crippen molar-refractivity contribution in [2.24, 2.45) is 5.73 Å². The number of hydrogen-bond donors (Lipinski definition) is 3. The van der Waals surface area contributed by atoms with E-state index in [9.17, 15) is 9.59 Å². The fourth-order valence-electron chi connectivity index (χ4n) is 0.707. The Morgan fingerprint density at radius 3 is 2.67 bits per heavy atom. The summed E-state index contributed by atoms with van der Waals surface area (Å²) in [6.07, 6.45) is 5.05. The zero-order valence-electron chi connectivity index (χ0n) is 8.41. The monoisotopic (exact) mass is 229 g/mol. The lowest BCUT2D eigenvalue weighted by Crippen LogP contribution is -2.40. The van der Waals surface area contributed by atoms with Gasteiger partial charge in [-0.1, -0.05) is 5.92 Å². The van der Waals surface area contributed by atoms with Gasteiger partial charge in [0.05, 0.1) is 18.8 Å². The van der Waals surface area contributed by atoms with Crippen LogP contribution in [-0.2, 0) is 9.59 Å². The lowest BCUT2D eigenvalue weighted by atomic mass is 10.5. The summed E-state index contributed by atoms with van der Waals surface area (Å²) in [7, 11) is 0. The molecule has 4 N–H and O–H groups in total. The quantitative estimate of drug-likeness (QED) is 0.368. The molecule has 0 aliphatic carbocycles. The van der Waals surface area contributed by atoms with Gasteiger partial charge >= 0.3 is 0 Å². The summed E-state index contributed by atoms with van der Waals surface area (Å²) in [6.45, 7) is 0.408. The highest BCUT2D eigenvalue weighted by Gasteiger charge is 2.02. The summed E-state index contributed by atoms with van der Waals surface area (Å²) < 4.78 is 0. The minimum atomic E-state index is -0.341. The number of carbonyl (C=O) groups is 2. The maximum atomic E-state index is 11.1. The number of rotatable bonds is 7. The highest BCUT2D eigenvalue weighted by Crippen LogP contribution is 1.94. The average Bonchev–Trinajstić information content (AvgIpc) is 2.25. The molecule has 0 atom stereocenters. The van der Waals surface area contributed by atoms with Crippen LogP contribution < -0.4 is 16.4 Å². The summed E-state index contributed by atoms with van der Waals surface area (Å²) in [5.41, 5.74) is 5.05. The molecule has 15 heavy (non-hydrogen) atoms. The number of nitrogens with two attached hydrogens (primary N) is 1. The normalized spacial score (nSPS) is 9.07. The predicted molar refractivity (Wildman–Crippen MR) is 61.2 cm³/mol. The van der Waals surface area contributed by atoms with E-state index in [4.69, 9.17) is 12.2 Å². The summed E-state index contributed by atoms with van der Waals surface area (Å²) in [6, 6.07) is 0. The second-order valence-electron chi connectivity index (χ2n) is 2.59. The molecular formula is C9H15N3O2S. The first kappa shape index (κ1) is 13.8. The van der Waals surface area contributed by atoms with Crippen LogP contribution in [0.5, 0.6) is 0 Å². The molecule has 0 aromatic heterocycles. The van der Waals surface area contributed by atoms with Crippen molar-refractivity contribution in [2.45, 2.75) is 0 Å². The largest absolute Gasteiger partial charge is 0.354 e. The molecule has 0 bridgehead atoms. The molecule has 2 amide bonds. The molecule has 84 valence electrons. The third-order valence-electron chi connectivity index (χ3n) is 1.39. The molecule has 0 saturated heterocycles. The van der Waals surface area contributed by atoms with Crippen LogP contribution in [0.2, 0.25) is 0 Å². The van der Waals surface area contributed by atoms with Gasteiger partial charge in [0.15, 0.2) is 0 Å². The Balaban J connectivity index is 3.34. The molecular weight excluding hydrogens is 214 g/mol. The second-order valence-corrected chi connectivity index (χ2v) is 3.69. The summed E-state index contributed by atoms with van der Waals surface area (Å²) >= 11 is 1.57. The van der Waals surface area contributed by atoms with Gasteiger partial charge in [-0.25, -0.2) is 0 Å². The van der Waals surface area contributed by atoms with Crippen molar-refractivity contribution in [3.63, 3.8) is 0 Å². The van der Waals surface area contributed by atoms with E-state index < -0.39 is 0 Å². The predicted octanol–water partition coefficient (Wildman–Crippen LogP) is -1.46. The Hall–Kier alpha value is -1.19. The fourth-order valence-corrected chi connectivity index (χ4v) is 1.22. The van der Waals surface area contributed by atoms with Gasteiger partial charge in [-0.05, 0) is 0 Å². The minimum absolute atomic E-state index is 0.0319. The molecule has 0 radical (unpaired) electrons. The smallest absolute Gasteiger partial charge is 0.239 e. The molecule has 0 aliphatic heterocycles. The van der Waals surface area contributed by atoms with Gasteiger partial charge in [-0.15, -0.1) is 18.2 Å². The summed E-state index contributed by atoms with van der Waals surface area (Å²) in [4.78, 5) is 21.8. The fraction of sp³-hybridized carbons (Fsp3) is 0.556. The zero-order valence-corrected chi connectivity index (χ0v) is 9.23. The number of carbonyl (C=O) groups excluding carboxylic acids is 2. The van der Waals surface area contributed by atoms with E-state index in [1.54, 1.807) is 11.8 Å². The molecule has 0 rings (SSSR count). The van der Waals surface area contributed by atoms with Gasteiger partial charge in [0.25, 0.3) is 0 Å². The van der Waals surface area contributed by atoms with Gasteiger partial charge < -0.3 is 16.4 Å². The molecule has 0 spiro atoms. The van der Waals surface area contributed by atoms with Gasteiger partial charge in [-0.3, -0.25) is 9.59 Å². The van der Waals surface area contributed by atoms with E-state index in [-0.39, 0.29) is 24.9 Å². The zero-order chi connectivity index (χ0) is 11.5. The number of amides is 2. The first-order chi connectivity index (χ1) is 7.20. The maximum Gasteiger partial charge on any atom is 0.239 e. The van der Waals surface area contributed by atoms with Crippen LogP contribution in [0, 0.1) is 12.3 Å². The Morgan fingerprint density at radius 1 is 1.33 bits per heavy atom. The Kier molecular flexibility index (Phi) is 8.63. The van der Waals surface area contributed by atoms with Crippen LogP contribution in [0.4, 0.5) is 0 Å². The molecule has 0 unspecified atom stereocenters. The van der Waals surface area contributed by atoms with E-state index in [2.05, 4.69) is 16.6 Å². The van der Waals surface area contributed by atoms with Crippen LogP contribution in [0.1, 0.15) is 0 Å². The van der Waals surface area contributed by atoms with Crippen LogP contribution in [0.25, 0.3) is 0 Å². The SMILES string of the molecule is C#CCSCCNC(=O)CNC(=O)CN. The van der Waals surface area contributed by atoms with Gasteiger partial charge in [0, 0.05) is 12.3 Å². The topological polar surface area (TPSA) is 84.2 Å². The van der Waals surface area contributed by atoms with E-state index in [0.717, 1.165) is 5.75 Å². The lowest BCUT2D eigenvalue weighted by Gasteiger charge is -2.05. The second kappa shape index (κ2) is 9.37. The Labute approximate surface area is 93.5 Å². The number of nitrogens with one attached hydrogen (secondary N) is 2. The summed E-state index contributed by atoms with van der Waals surface area (Å²) in [5, 5.41) is 5.01. The van der Waals surface area contributed by atoms with Crippen molar-refractivity contribution in [3.8, 4) is 12.3 Å². The van der Waals surface area contributed by atoms with Crippen molar-refractivity contribution in [1.29, 1.82) is 0 Å². The number of terminal acetylenes is 1. The maximum absolute atomic E-state index is 11.1. The van der Waals surface area contributed by atoms with E-state index in [1.807, 2.05) is 0 Å². The van der Waals surface area contributed by atoms with Gasteiger partial charge in [0.2, 0.25) is 11.8 Å². The highest BCUT2D eigenvalue weighted by molar-refractivity contribution is 7.99. The molecule has 6 heteroatoms. The number of hydrogen-bond acceptors (Lipinski definition) is 4. The van der Waals surface area contributed by atoms with Gasteiger partial charge in [0.1, 0.15) is 0 Å². The molecule has 0 fully saturated rings. The van der Waals surface area contributed by atoms with Crippen molar-refractivity contribution in [2.75, 3.05) is 31.1 Å². The van der Waals surface area contributed by atoms with E-state index in [0.29, 0.717) is 12.3 Å². The van der Waals surface area contributed by atoms with Crippen molar-refractivity contribution in [1.82, 2.24) is 10.6 Å². The number of thioether (sulfide) groups is 1. The van der Waals surface area contributed by atoms with E-state index in [1.165, 1.54) is 0 Å². The Morgan fingerprint density at radius 2 is 2.07 bits per heavy atom.